The molecule has 0 atom stereocenters. The molecule has 0 aliphatic carbocycles. The molecule has 104 valence electrons. The van der Waals surface area contributed by atoms with Crippen LogP contribution in [0.2, 0.25) is 0 Å². The van der Waals surface area contributed by atoms with Crippen molar-refractivity contribution in [1.82, 2.24) is 0 Å². The van der Waals surface area contributed by atoms with Gasteiger partial charge in [-0.1, -0.05) is 15.9 Å². The maximum atomic E-state index is 13.7. The third kappa shape index (κ3) is 3.08. The fourth-order valence-corrected chi connectivity index (χ4v) is 1.97. The molecular weight excluding hydrogens is 327 g/mol. The lowest BCUT2D eigenvalue weighted by Gasteiger charge is -2.10. The van der Waals surface area contributed by atoms with E-state index < -0.39 is 11.7 Å². The number of carbonyl (C=O) groups is 1. The van der Waals surface area contributed by atoms with Gasteiger partial charge in [-0.15, -0.1) is 0 Å². The van der Waals surface area contributed by atoms with Crippen LogP contribution in [0.3, 0.4) is 0 Å². The summed E-state index contributed by atoms with van der Waals surface area (Å²) in [6.07, 6.45) is 0. The van der Waals surface area contributed by atoms with Gasteiger partial charge in [-0.2, -0.15) is 0 Å². The van der Waals surface area contributed by atoms with E-state index >= 15 is 0 Å². The van der Waals surface area contributed by atoms with Crippen molar-refractivity contribution in [2.75, 3.05) is 18.2 Å². The van der Waals surface area contributed by atoms with Gasteiger partial charge in [0.05, 0.1) is 24.0 Å². The highest BCUT2D eigenvalue weighted by molar-refractivity contribution is 9.10. The Morgan fingerprint density at radius 3 is 2.70 bits per heavy atom. The molecule has 0 heterocycles. The topological polar surface area (TPSA) is 64.3 Å². The van der Waals surface area contributed by atoms with Gasteiger partial charge in [-0.05, 0) is 30.3 Å². The number of hydrogen-bond donors (Lipinski definition) is 2. The zero-order chi connectivity index (χ0) is 14.7. The lowest BCUT2D eigenvalue weighted by atomic mass is 10.2. The van der Waals surface area contributed by atoms with Gasteiger partial charge in [0.15, 0.2) is 0 Å². The van der Waals surface area contributed by atoms with Crippen LogP contribution in [-0.4, -0.2) is 13.0 Å². The molecule has 2 aromatic rings. The summed E-state index contributed by atoms with van der Waals surface area (Å²) < 4.78 is 19.3. The number of rotatable bonds is 3. The molecule has 0 aliphatic heterocycles. The molecule has 20 heavy (non-hydrogen) atoms. The third-order valence-corrected chi connectivity index (χ3v) is 3.18. The SMILES string of the molecule is COc1ccc(N)c(NC(=O)c2ccc(Br)cc2F)c1. The number of benzene rings is 2. The van der Waals surface area contributed by atoms with E-state index in [4.69, 9.17) is 10.5 Å². The number of methoxy groups -OCH3 is 1. The Morgan fingerprint density at radius 1 is 1.30 bits per heavy atom. The first-order valence-corrected chi connectivity index (χ1v) is 6.50. The van der Waals surface area contributed by atoms with Crippen LogP contribution >= 0.6 is 15.9 Å². The first-order valence-electron chi connectivity index (χ1n) is 5.71. The highest BCUT2D eigenvalue weighted by Crippen LogP contribution is 2.25. The van der Waals surface area contributed by atoms with Gasteiger partial charge in [-0.25, -0.2) is 4.39 Å². The van der Waals surface area contributed by atoms with E-state index in [1.807, 2.05) is 0 Å². The number of nitrogens with two attached hydrogens (primary N) is 1. The van der Waals surface area contributed by atoms with Crippen LogP contribution in [0, 0.1) is 5.82 Å². The summed E-state index contributed by atoms with van der Waals surface area (Å²) in [6, 6.07) is 9.06. The van der Waals surface area contributed by atoms with Gasteiger partial charge in [0.1, 0.15) is 11.6 Å². The molecule has 0 bridgehead atoms. The summed E-state index contributed by atoms with van der Waals surface area (Å²) in [6.45, 7) is 0. The first-order chi connectivity index (χ1) is 9.51. The van der Waals surface area contributed by atoms with Crippen LogP contribution in [0.15, 0.2) is 40.9 Å². The molecular formula is C14H12BrFN2O2. The molecule has 0 unspecified atom stereocenters. The molecule has 0 aromatic heterocycles. The number of ether oxygens (including phenoxy) is 1. The van der Waals surface area contributed by atoms with Crippen LogP contribution in [-0.2, 0) is 0 Å². The van der Waals surface area contributed by atoms with E-state index in [-0.39, 0.29) is 5.56 Å². The summed E-state index contributed by atoms with van der Waals surface area (Å²) in [5.41, 5.74) is 6.45. The minimum atomic E-state index is -0.613. The molecule has 3 N–H and O–H groups in total. The summed E-state index contributed by atoms with van der Waals surface area (Å²) in [4.78, 5) is 12.0. The van der Waals surface area contributed by atoms with Crippen molar-refractivity contribution in [2.24, 2.45) is 0 Å². The average Bonchev–Trinajstić information content (AvgIpc) is 2.41. The zero-order valence-electron chi connectivity index (χ0n) is 10.6. The van der Waals surface area contributed by atoms with Crippen LogP contribution in [0.25, 0.3) is 0 Å². The zero-order valence-corrected chi connectivity index (χ0v) is 12.2. The van der Waals surface area contributed by atoms with Gasteiger partial charge in [0, 0.05) is 10.5 Å². The Balaban J connectivity index is 2.27. The maximum Gasteiger partial charge on any atom is 0.258 e. The lowest BCUT2D eigenvalue weighted by molar-refractivity contribution is 0.102. The van der Waals surface area contributed by atoms with E-state index in [0.29, 0.717) is 21.6 Å². The predicted molar refractivity (Wildman–Crippen MR) is 79.5 cm³/mol. The molecule has 1 amide bonds. The quantitative estimate of drug-likeness (QED) is 0.842. The second-order valence-corrected chi connectivity index (χ2v) is 4.95. The molecule has 4 nitrogen and oxygen atoms in total. The Labute approximate surface area is 123 Å². The van der Waals surface area contributed by atoms with Gasteiger partial charge in [0.2, 0.25) is 0 Å². The third-order valence-electron chi connectivity index (χ3n) is 2.68. The number of carbonyl (C=O) groups excluding carboxylic acids is 1. The standard InChI is InChI=1S/C14H12BrFN2O2/c1-20-9-3-5-12(17)13(7-9)18-14(19)10-4-2-8(15)6-11(10)16/h2-7H,17H2,1H3,(H,18,19). The molecule has 0 fully saturated rings. The fourth-order valence-electron chi connectivity index (χ4n) is 1.63. The molecule has 0 spiro atoms. The largest absolute Gasteiger partial charge is 0.497 e. The number of nitrogen functional groups attached to an aromatic ring is 1. The van der Waals surface area contributed by atoms with Gasteiger partial charge in [-0.3, -0.25) is 4.79 Å². The van der Waals surface area contributed by atoms with Crippen LogP contribution in [0.5, 0.6) is 5.75 Å². The Kier molecular flexibility index (Phi) is 4.24. The highest BCUT2D eigenvalue weighted by atomic mass is 79.9. The van der Waals surface area contributed by atoms with E-state index in [0.717, 1.165) is 0 Å². The lowest BCUT2D eigenvalue weighted by Crippen LogP contribution is -2.15. The van der Waals surface area contributed by atoms with E-state index in [9.17, 15) is 9.18 Å². The molecule has 0 saturated carbocycles. The van der Waals surface area contributed by atoms with Gasteiger partial charge >= 0.3 is 0 Å². The van der Waals surface area contributed by atoms with Crippen LogP contribution < -0.4 is 15.8 Å². The second kappa shape index (κ2) is 5.92. The van der Waals surface area contributed by atoms with Crippen LogP contribution in [0.4, 0.5) is 15.8 Å². The minimum Gasteiger partial charge on any atom is -0.497 e. The number of nitrogens with one attached hydrogen (secondary N) is 1. The van der Waals surface area contributed by atoms with E-state index in [2.05, 4.69) is 21.2 Å². The number of hydrogen-bond acceptors (Lipinski definition) is 3. The van der Waals surface area contributed by atoms with Crippen molar-refractivity contribution in [1.29, 1.82) is 0 Å². The number of amides is 1. The average molecular weight is 339 g/mol. The molecule has 6 heteroatoms. The molecule has 2 rings (SSSR count). The monoisotopic (exact) mass is 338 g/mol. The van der Waals surface area contributed by atoms with Crippen molar-refractivity contribution in [3.05, 3.63) is 52.3 Å². The normalized spacial score (nSPS) is 10.2. The number of halogens is 2. The van der Waals surface area contributed by atoms with Crippen molar-refractivity contribution in [3.63, 3.8) is 0 Å². The molecule has 0 saturated heterocycles. The summed E-state index contributed by atoms with van der Waals surface area (Å²) in [5, 5.41) is 2.56. The fraction of sp³-hybridized carbons (Fsp3) is 0.0714. The van der Waals surface area contributed by atoms with Crippen molar-refractivity contribution >= 4 is 33.2 Å². The van der Waals surface area contributed by atoms with Crippen molar-refractivity contribution < 1.29 is 13.9 Å². The van der Waals surface area contributed by atoms with E-state index in [1.165, 1.54) is 19.2 Å². The van der Waals surface area contributed by atoms with E-state index in [1.54, 1.807) is 24.3 Å². The minimum absolute atomic E-state index is 0.0598. The second-order valence-electron chi connectivity index (χ2n) is 4.03. The van der Waals surface area contributed by atoms with Crippen LogP contribution in [0.1, 0.15) is 10.4 Å². The highest BCUT2D eigenvalue weighted by Gasteiger charge is 2.13. The summed E-state index contributed by atoms with van der Waals surface area (Å²) >= 11 is 3.13. The molecule has 0 radical (unpaired) electrons. The predicted octanol–water partition coefficient (Wildman–Crippen LogP) is 3.43. The summed E-state index contributed by atoms with van der Waals surface area (Å²) in [7, 11) is 1.51. The smallest absolute Gasteiger partial charge is 0.258 e. The summed E-state index contributed by atoms with van der Waals surface area (Å²) in [5.74, 6) is -0.640. The Hall–Kier alpha value is -2.08. The van der Waals surface area contributed by atoms with Crippen molar-refractivity contribution in [2.45, 2.75) is 0 Å². The molecule has 0 aliphatic rings. The Bertz CT molecular complexity index is 662. The van der Waals surface area contributed by atoms with Gasteiger partial charge in [0.25, 0.3) is 5.91 Å². The van der Waals surface area contributed by atoms with Gasteiger partial charge < -0.3 is 15.8 Å². The Morgan fingerprint density at radius 2 is 2.05 bits per heavy atom. The molecule has 2 aromatic carbocycles. The maximum absolute atomic E-state index is 13.7. The first kappa shape index (κ1) is 14.3. The number of anilines is 2. The van der Waals surface area contributed by atoms with Crippen molar-refractivity contribution in [3.8, 4) is 5.75 Å².